The zero-order chi connectivity index (χ0) is 19.1. The van der Waals surface area contributed by atoms with E-state index in [1.807, 2.05) is 18.4 Å². The van der Waals surface area contributed by atoms with Gasteiger partial charge in [-0.25, -0.2) is 0 Å². The van der Waals surface area contributed by atoms with E-state index in [9.17, 15) is 0 Å². The van der Waals surface area contributed by atoms with Crippen molar-refractivity contribution < 1.29 is 0 Å². The summed E-state index contributed by atoms with van der Waals surface area (Å²) in [5, 5.41) is 9.43. The van der Waals surface area contributed by atoms with E-state index < -0.39 is 0 Å². The SMILES string of the molecule is CN=C(NCC1CCCN(Cc2cccs2)C1)NC1CCN(C(C)C)CC1.I. The summed E-state index contributed by atoms with van der Waals surface area (Å²) in [5.74, 6) is 1.69. The molecule has 0 radical (unpaired) electrons. The molecule has 28 heavy (non-hydrogen) atoms. The number of guanidine groups is 1. The van der Waals surface area contributed by atoms with Gasteiger partial charge in [0.25, 0.3) is 0 Å². The predicted molar refractivity (Wildman–Crippen MR) is 132 cm³/mol. The quantitative estimate of drug-likeness (QED) is 0.343. The molecule has 0 aliphatic carbocycles. The van der Waals surface area contributed by atoms with E-state index in [2.05, 4.69) is 56.8 Å². The van der Waals surface area contributed by atoms with Gasteiger partial charge < -0.3 is 15.5 Å². The number of halogens is 1. The lowest BCUT2D eigenvalue weighted by Gasteiger charge is -2.36. The molecule has 160 valence electrons. The minimum atomic E-state index is 0. The Hall–Kier alpha value is -0.380. The van der Waals surface area contributed by atoms with Crippen LogP contribution in [0, 0.1) is 5.92 Å². The van der Waals surface area contributed by atoms with Crippen molar-refractivity contribution in [2.24, 2.45) is 10.9 Å². The highest BCUT2D eigenvalue weighted by Crippen LogP contribution is 2.20. The number of thiophene rings is 1. The first kappa shape index (κ1) is 23.9. The summed E-state index contributed by atoms with van der Waals surface area (Å²) in [7, 11) is 1.89. The lowest BCUT2D eigenvalue weighted by atomic mass is 9.98. The van der Waals surface area contributed by atoms with Gasteiger partial charge in [0.05, 0.1) is 0 Å². The molecule has 0 saturated carbocycles. The molecule has 3 heterocycles. The molecular weight excluding hydrogens is 481 g/mol. The van der Waals surface area contributed by atoms with E-state index in [0.717, 1.165) is 19.0 Å². The van der Waals surface area contributed by atoms with Crippen LogP contribution in [-0.4, -0.2) is 67.6 Å². The van der Waals surface area contributed by atoms with Crippen molar-refractivity contribution >= 4 is 41.3 Å². The molecular formula is C21H38IN5S. The predicted octanol–water partition coefficient (Wildman–Crippen LogP) is 3.62. The molecule has 7 heteroatoms. The third-order valence-electron chi connectivity index (χ3n) is 5.95. The number of aliphatic imine (C=N–C) groups is 1. The lowest BCUT2D eigenvalue weighted by Crippen LogP contribution is -2.51. The number of nitrogens with one attached hydrogen (secondary N) is 2. The second-order valence-corrected chi connectivity index (χ2v) is 9.36. The maximum atomic E-state index is 4.47. The van der Waals surface area contributed by atoms with Crippen molar-refractivity contribution in [1.29, 1.82) is 0 Å². The molecule has 2 aliphatic heterocycles. The van der Waals surface area contributed by atoms with Crippen LogP contribution in [0.2, 0.25) is 0 Å². The van der Waals surface area contributed by atoms with Crippen LogP contribution in [0.3, 0.4) is 0 Å². The molecule has 1 aromatic rings. The maximum Gasteiger partial charge on any atom is 0.191 e. The number of likely N-dealkylation sites (tertiary alicyclic amines) is 2. The zero-order valence-electron chi connectivity index (χ0n) is 17.7. The number of piperidine rings is 2. The number of hydrogen-bond donors (Lipinski definition) is 2. The lowest BCUT2D eigenvalue weighted by molar-refractivity contribution is 0.165. The van der Waals surface area contributed by atoms with Crippen LogP contribution in [0.15, 0.2) is 22.5 Å². The Labute approximate surface area is 192 Å². The fourth-order valence-electron chi connectivity index (χ4n) is 4.27. The van der Waals surface area contributed by atoms with Crippen molar-refractivity contribution in [3.63, 3.8) is 0 Å². The Morgan fingerprint density at radius 2 is 2.04 bits per heavy atom. The molecule has 1 atom stereocenters. The number of rotatable bonds is 6. The Kier molecular flexibility index (Phi) is 10.5. The highest BCUT2D eigenvalue weighted by molar-refractivity contribution is 14.0. The van der Waals surface area contributed by atoms with Crippen LogP contribution in [-0.2, 0) is 6.54 Å². The molecule has 0 bridgehead atoms. The van der Waals surface area contributed by atoms with Gasteiger partial charge in [0.15, 0.2) is 5.96 Å². The highest BCUT2D eigenvalue weighted by atomic mass is 127. The minimum Gasteiger partial charge on any atom is -0.356 e. The topological polar surface area (TPSA) is 42.9 Å². The van der Waals surface area contributed by atoms with E-state index >= 15 is 0 Å². The number of nitrogens with zero attached hydrogens (tertiary/aromatic N) is 3. The monoisotopic (exact) mass is 519 g/mol. The van der Waals surface area contributed by atoms with Crippen molar-refractivity contribution in [2.75, 3.05) is 39.8 Å². The van der Waals surface area contributed by atoms with Crippen LogP contribution in [0.1, 0.15) is 44.4 Å². The van der Waals surface area contributed by atoms with Gasteiger partial charge in [-0.3, -0.25) is 9.89 Å². The molecule has 2 saturated heterocycles. The van der Waals surface area contributed by atoms with Gasteiger partial charge in [-0.2, -0.15) is 0 Å². The maximum absolute atomic E-state index is 4.47. The standard InChI is InChI=1S/C21H37N5S.HI/c1-17(2)26-11-8-19(9-12-26)24-21(22-3)23-14-18-6-4-10-25(15-18)16-20-7-5-13-27-20;/h5,7,13,17-19H,4,6,8-12,14-16H2,1-3H3,(H2,22,23,24);1H. The molecule has 0 spiro atoms. The summed E-state index contributed by atoms with van der Waals surface area (Å²) in [6, 6.07) is 5.62. The largest absolute Gasteiger partial charge is 0.356 e. The zero-order valence-corrected chi connectivity index (χ0v) is 20.8. The van der Waals surface area contributed by atoms with E-state index in [4.69, 9.17) is 0 Å². The van der Waals surface area contributed by atoms with Gasteiger partial charge in [0, 0.05) is 56.7 Å². The van der Waals surface area contributed by atoms with Crippen molar-refractivity contribution in [3.8, 4) is 0 Å². The fraction of sp³-hybridized carbons (Fsp3) is 0.762. The van der Waals surface area contributed by atoms with Gasteiger partial charge >= 0.3 is 0 Å². The molecule has 2 fully saturated rings. The summed E-state index contributed by atoms with van der Waals surface area (Å²) in [6.45, 7) is 11.5. The van der Waals surface area contributed by atoms with E-state index in [1.165, 1.54) is 56.7 Å². The van der Waals surface area contributed by atoms with E-state index in [1.54, 1.807) is 0 Å². The second-order valence-electron chi connectivity index (χ2n) is 8.32. The van der Waals surface area contributed by atoms with Crippen LogP contribution in [0.25, 0.3) is 0 Å². The third kappa shape index (κ3) is 7.46. The average molecular weight is 520 g/mol. The van der Waals surface area contributed by atoms with Crippen molar-refractivity contribution in [3.05, 3.63) is 22.4 Å². The van der Waals surface area contributed by atoms with Gasteiger partial charge in [0.1, 0.15) is 0 Å². The molecule has 2 N–H and O–H groups in total. The number of hydrogen-bond acceptors (Lipinski definition) is 4. The first-order valence-electron chi connectivity index (χ1n) is 10.6. The van der Waals surface area contributed by atoms with Crippen LogP contribution in [0.4, 0.5) is 0 Å². The summed E-state index contributed by atoms with van der Waals surface area (Å²) in [5.41, 5.74) is 0. The fourth-order valence-corrected chi connectivity index (χ4v) is 5.02. The summed E-state index contributed by atoms with van der Waals surface area (Å²) in [6.07, 6.45) is 5.03. The molecule has 5 nitrogen and oxygen atoms in total. The third-order valence-corrected chi connectivity index (χ3v) is 6.81. The summed E-state index contributed by atoms with van der Waals surface area (Å²) >= 11 is 1.87. The highest BCUT2D eigenvalue weighted by Gasteiger charge is 2.23. The molecule has 1 aromatic heterocycles. The Balaban J connectivity index is 0.00000280. The minimum absolute atomic E-state index is 0. The second kappa shape index (κ2) is 12.3. The van der Waals surface area contributed by atoms with Crippen LogP contribution >= 0.6 is 35.3 Å². The normalized spacial score (nSPS) is 22.9. The van der Waals surface area contributed by atoms with Crippen molar-refractivity contribution in [1.82, 2.24) is 20.4 Å². The van der Waals surface area contributed by atoms with Crippen LogP contribution in [0.5, 0.6) is 0 Å². The molecule has 0 aromatic carbocycles. The van der Waals surface area contributed by atoms with Crippen LogP contribution < -0.4 is 10.6 Å². The van der Waals surface area contributed by atoms with Gasteiger partial charge in [-0.15, -0.1) is 35.3 Å². The van der Waals surface area contributed by atoms with Gasteiger partial charge in [0.2, 0.25) is 0 Å². The van der Waals surface area contributed by atoms with E-state index in [-0.39, 0.29) is 24.0 Å². The Morgan fingerprint density at radius 3 is 2.68 bits per heavy atom. The molecule has 0 amide bonds. The van der Waals surface area contributed by atoms with Gasteiger partial charge in [-0.1, -0.05) is 6.07 Å². The summed E-state index contributed by atoms with van der Waals surface area (Å²) in [4.78, 5) is 11.1. The Morgan fingerprint density at radius 1 is 1.25 bits per heavy atom. The first-order valence-corrected chi connectivity index (χ1v) is 11.5. The van der Waals surface area contributed by atoms with Gasteiger partial charge in [-0.05, 0) is 63.4 Å². The summed E-state index contributed by atoms with van der Waals surface area (Å²) < 4.78 is 0. The van der Waals surface area contributed by atoms with Crippen molar-refractivity contribution in [2.45, 2.75) is 58.2 Å². The van der Waals surface area contributed by atoms with E-state index in [0.29, 0.717) is 18.0 Å². The molecule has 3 rings (SSSR count). The first-order chi connectivity index (χ1) is 13.1. The smallest absolute Gasteiger partial charge is 0.191 e. The molecule has 2 aliphatic rings. The molecule has 1 unspecified atom stereocenters. The average Bonchev–Trinajstić information content (AvgIpc) is 3.19. The Bertz CT molecular complexity index is 569.